The Hall–Kier alpha value is -0.120. The summed E-state index contributed by atoms with van der Waals surface area (Å²) in [6.07, 6.45) is 4.04. The monoisotopic (exact) mass is 187 g/mol. The number of rotatable bonds is 6. The lowest BCUT2D eigenvalue weighted by Crippen LogP contribution is -2.40. The summed E-state index contributed by atoms with van der Waals surface area (Å²) in [7, 11) is 0. The first-order valence-corrected chi connectivity index (χ1v) is 5.12. The lowest BCUT2D eigenvalue weighted by atomic mass is 9.85. The molecule has 3 N–H and O–H groups in total. The van der Waals surface area contributed by atoms with Gasteiger partial charge in [0.2, 0.25) is 0 Å². The van der Waals surface area contributed by atoms with Crippen LogP contribution in [0.5, 0.6) is 0 Å². The van der Waals surface area contributed by atoms with E-state index in [2.05, 4.69) is 5.32 Å². The first-order chi connectivity index (χ1) is 6.20. The van der Waals surface area contributed by atoms with E-state index in [1.165, 1.54) is 19.3 Å². The van der Waals surface area contributed by atoms with Crippen molar-refractivity contribution in [2.45, 2.75) is 26.2 Å². The highest BCUT2D eigenvalue weighted by atomic mass is 16.3. The Bertz CT molecular complexity index is 142. The third-order valence-corrected chi connectivity index (χ3v) is 2.97. The minimum Gasteiger partial charge on any atom is -0.396 e. The van der Waals surface area contributed by atoms with E-state index in [9.17, 15) is 0 Å². The highest BCUT2D eigenvalue weighted by Crippen LogP contribution is 2.25. The Morgan fingerprint density at radius 3 is 2.31 bits per heavy atom. The molecule has 0 bridgehead atoms. The van der Waals surface area contributed by atoms with Gasteiger partial charge >= 0.3 is 0 Å². The molecule has 1 aliphatic rings. The molecule has 0 aromatic carbocycles. The van der Waals surface area contributed by atoms with Crippen LogP contribution in [-0.2, 0) is 0 Å². The minimum absolute atomic E-state index is 0.0428. The second-order valence-electron chi connectivity index (χ2n) is 4.55. The lowest BCUT2D eigenvalue weighted by molar-refractivity contribution is 0.0679. The van der Waals surface area contributed by atoms with Crippen molar-refractivity contribution in [3.05, 3.63) is 0 Å². The maximum Gasteiger partial charge on any atom is 0.0518 e. The molecule has 13 heavy (non-hydrogen) atoms. The SMILES string of the molecule is CC(CO)(CO)CNCC1CCC1. The van der Waals surface area contributed by atoms with Gasteiger partial charge in [-0.1, -0.05) is 13.3 Å². The zero-order valence-corrected chi connectivity index (χ0v) is 8.42. The molecular formula is C10H21NO2. The molecule has 0 aliphatic heterocycles. The minimum atomic E-state index is -0.357. The Balaban J connectivity index is 2.08. The van der Waals surface area contributed by atoms with Crippen LogP contribution >= 0.6 is 0 Å². The Morgan fingerprint density at radius 1 is 1.31 bits per heavy atom. The molecule has 0 aromatic rings. The van der Waals surface area contributed by atoms with Gasteiger partial charge in [0.05, 0.1) is 13.2 Å². The van der Waals surface area contributed by atoms with E-state index in [1.807, 2.05) is 6.92 Å². The predicted octanol–water partition coefficient (Wildman–Crippen LogP) is 0.367. The maximum absolute atomic E-state index is 9.02. The number of hydrogen-bond acceptors (Lipinski definition) is 3. The van der Waals surface area contributed by atoms with Gasteiger partial charge in [-0.05, 0) is 25.3 Å². The molecule has 1 fully saturated rings. The third-order valence-electron chi connectivity index (χ3n) is 2.97. The van der Waals surface area contributed by atoms with Gasteiger partial charge in [0.25, 0.3) is 0 Å². The summed E-state index contributed by atoms with van der Waals surface area (Å²) in [5.41, 5.74) is -0.357. The summed E-state index contributed by atoms with van der Waals surface area (Å²) < 4.78 is 0. The molecule has 0 unspecified atom stereocenters. The van der Waals surface area contributed by atoms with Crippen LogP contribution in [0.25, 0.3) is 0 Å². The molecule has 3 nitrogen and oxygen atoms in total. The first kappa shape index (κ1) is 11.0. The summed E-state index contributed by atoms with van der Waals surface area (Å²) >= 11 is 0. The second-order valence-corrected chi connectivity index (χ2v) is 4.55. The van der Waals surface area contributed by atoms with Crippen LogP contribution in [0, 0.1) is 11.3 Å². The van der Waals surface area contributed by atoms with Crippen molar-refractivity contribution in [1.29, 1.82) is 0 Å². The second kappa shape index (κ2) is 4.94. The van der Waals surface area contributed by atoms with Gasteiger partial charge in [0.15, 0.2) is 0 Å². The maximum atomic E-state index is 9.02. The van der Waals surface area contributed by atoms with Crippen LogP contribution in [0.15, 0.2) is 0 Å². The Kier molecular flexibility index (Phi) is 4.16. The van der Waals surface area contributed by atoms with Crippen LogP contribution in [0.4, 0.5) is 0 Å². The summed E-state index contributed by atoms with van der Waals surface area (Å²) in [5, 5.41) is 21.4. The summed E-state index contributed by atoms with van der Waals surface area (Å²) in [6.45, 7) is 3.72. The Labute approximate surface area is 80.2 Å². The highest BCUT2D eigenvalue weighted by molar-refractivity contribution is 4.77. The van der Waals surface area contributed by atoms with Crippen LogP contribution in [0.1, 0.15) is 26.2 Å². The van der Waals surface area contributed by atoms with E-state index in [4.69, 9.17) is 10.2 Å². The van der Waals surface area contributed by atoms with Gasteiger partial charge in [-0.3, -0.25) is 0 Å². The molecule has 78 valence electrons. The molecule has 1 saturated carbocycles. The number of nitrogens with one attached hydrogen (secondary N) is 1. The first-order valence-electron chi connectivity index (χ1n) is 5.12. The zero-order chi connectivity index (χ0) is 9.73. The number of aliphatic hydroxyl groups is 2. The average Bonchev–Trinajstić information content (AvgIpc) is 2.09. The molecule has 3 heteroatoms. The van der Waals surface area contributed by atoms with Crippen molar-refractivity contribution >= 4 is 0 Å². The van der Waals surface area contributed by atoms with E-state index in [1.54, 1.807) is 0 Å². The lowest BCUT2D eigenvalue weighted by Gasteiger charge is -2.29. The smallest absolute Gasteiger partial charge is 0.0518 e. The fourth-order valence-electron chi connectivity index (χ4n) is 1.44. The van der Waals surface area contributed by atoms with Crippen molar-refractivity contribution in [2.24, 2.45) is 11.3 Å². The predicted molar refractivity (Wildman–Crippen MR) is 52.5 cm³/mol. The third kappa shape index (κ3) is 3.25. The molecule has 0 heterocycles. The normalized spacial score (nSPS) is 18.7. The van der Waals surface area contributed by atoms with E-state index in [0.717, 1.165) is 12.5 Å². The van der Waals surface area contributed by atoms with Crippen molar-refractivity contribution < 1.29 is 10.2 Å². The topological polar surface area (TPSA) is 52.5 Å². The van der Waals surface area contributed by atoms with Gasteiger partial charge < -0.3 is 15.5 Å². The van der Waals surface area contributed by atoms with Crippen molar-refractivity contribution in [1.82, 2.24) is 5.32 Å². The fourth-order valence-corrected chi connectivity index (χ4v) is 1.44. The molecule has 0 saturated heterocycles. The summed E-state index contributed by atoms with van der Waals surface area (Å²) in [5.74, 6) is 0.835. The van der Waals surface area contributed by atoms with Crippen LogP contribution < -0.4 is 5.32 Å². The van der Waals surface area contributed by atoms with Gasteiger partial charge in [-0.2, -0.15) is 0 Å². The van der Waals surface area contributed by atoms with Crippen LogP contribution in [0.2, 0.25) is 0 Å². The molecule has 1 rings (SSSR count). The molecule has 0 aromatic heterocycles. The summed E-state index contributed by atoms with van der Waals surface area (Å²) in [4.78, 5) is 0. The number of aliphatic hydroxyl groups excluding tert-OH is 2. The molecule has 0 radical (unpaired) electrons. The van der Waals surface area contributed by atoms with Crippen molar-refractivity contribution in [3.8, 4) is 0 Å². The average molecular weight is 187 g/mol. The van der Waals surface area contributed by atoms with Crippen LogP contribution in [-0.4, -0.2) is 36.5 Å². The van der Waals surface area contributed by atoms with Gasteiger partial charge in [0.1, 0.15) is 0 Å². The molecule has 1 aliphatic carbocycles. The van der Waals surface area contributed by atoms with E-state index >= 15 is 0 Å². The highest BCUT2D eigenvalue weighted by Gasteiger charge is 2.23. The quantitative estimate of drug-likeness (QED) is 0.563. The molecule has 0 spiro atoms. The molecule has 0 amide bonds. The van der Waals surface area contributed by atoms with Crippen molar-refractivity contribution in [3.63, 3.8) is 0 Å². The van der Waals surface area contributed by atoms with Gasteiger partial charge in [0, 0.05) is 12.0 Å². The molecule has 0 atom stereocenters. The van der Waals surface area contributed by atoms with E-state index < -0.39 is 0 Å². The zero-order valence-electron chi connectivity index (χ0n) is 8.42. The standard InChI is InChI=1S/C10H21NO2/c1-10(7-12,8-13)6-11-5-9-3-2-4-9/h9,11-13H,2-8H2,1H3. The fraction of sp³-hybridized carbons (Fsp3) is 1.00. The van der Waals surface area contributed by atoms with Gasteiger partial charge in [-0.15, -0.1) is 0 Å². The van der Waals surface area contributed by atoms with Crippen LogP contribution in [0.3, 0.4) is 0 Å². The van der Waals surface area contributed by atoms with Crippen molar-refractivity contribution in [2.75, 3.05) is 26.3 Å². The Morgan fingerprint density at radius 2 is 1.92 bits per heavy atom. The van der Waals surface area contributed by atoms with Gasteiger partial charge in [-0.25, -0.2) is 0 Å². The van der Waals surface area contributed by atoms with E-state index in [-0.39, 0.29) is 18.6 Å². The van der Waals surface area contributed by atoms with E-state index in [0.29, 0.717) is 6.54 Å². The largest absolute Gasteiger partial charge is 0.396 e. The summed E-state index contributed by atoms with van der Waals surface area (Å²) in [6, 6.07) is 0. The molecular weight excluding hydrogens is 166 g/mol. The number of hydrogen-bond donors (Lipinski definition) is 3.